The summed E-state index contributed by atoms with van der Waals surface area (Å²) in [6.07, 6.45) is 1.36. The molecule has 7 nitrogen and oxygen atoms in total. The number of benzene rings is 1. The van der Waals surface area contributed by atoms with Crippen LogP contribution in [0.4, 0.5) is 20.7 Å². The minimum absolute atomic E-state index is 0.208. The number of carbonyl (C=O) groups is 2. The van der Waals surface area contributed by atoms with Crippen molar-refractivity contribution >= 4 is 39.4 Å². The molecule has 0 aliphatic carbocycles. The molecule has 1 aliphatic heterocycles. The van der Waals surface area contributed by atoms with E-state index in [9.17, 15) is 14.0 Å². The summed E-state index contributed by atoms with van der Waals surface area (Å²) in [6, 6.07) is 7.73. The second kappa shape index (κ2) is 13.9. The van der Waals surface area contributed by atoms with Crippen LogP contribution in [-0.2, 0) is 4.74 Å². The van der Waals surface area contributed by atoms with Gasteiger partial charge in [-0.25, -0.2) is 14.2 Å². The lowest BCUT2D eigenvalue weighted by atomic mass is 10.2. The van der Waals surface area contributed by atoms with E-state index in [1.807, 2.05) is 54.5 Å². The fourth-order valence-electron chi connectivity index (χ4n) is 2.95. The second-order valence-electron chi connectivity index (χ2n) is 7.94. The Hall–Kier alpha value is -2.68. The molecule has 188 valence electrons. The summed E-state index contributed by atoms with van der Waals surface area (Å²) in [5, 5.41) is 2.66. The summed E-state index contributed by atoms with van der Waals surface area (Å²) in [6.45, 7) is 16.0. The third-order valence-electron chi connectivity index (χ3n) is 4.47. The Morgan fingerprint density at radius 1 is 1.03 bits per heavy atom. The monoisotopic (exact) mass is 538 g/mol. The zero-order valence-electron chi connectivity index (χ0n) is 21.1. The lowest BCUT2D eigenvalue weighted by Crippen LogP contribution is -2.50. The Balaban J connectivity index is 0.00000137. The van der Waals surface area contributed by atoms with Crippen molar-refractivity contribution in [3.63, 3.8) is 0 Å². The standard InChI is InChI=1S/C21H24BrFN4O3.2C2H6/c1-21(2,3)30-20(29)27-10-8-26(9-11-27)15-5-7-18(24-13-15)25-19(28)14-4-6-16(22)17(23)12-14;2*1-2/h4-7,12-13H,8-11H2,1-3H3,(H,24,25,28);2*1-2H3. The van der Waals surface area contributed by atoms with Gasteiger partial charge in [0.1, 0.15) is 17.2 Å². The number of nitrogens with zero attached hydrogens (tertiary/aromatic N) is 3. The molecule has 2 heterocycles. The highest BCUT2D eigenvalue weighted by Gasteiger charge is 2.26. The molecule has 2 amide bonds. The summed E-state index contributed by atoms with van der Waals surface area (Å²) in [7, 11) is 0. The van der Waals surface area contributed by atoms with Crippen molar-refractivity contribution in [1.29, 1.82) is 0 Å². The summed E-state index contributed by atoms with van der Waals surface area (Å²) < 4.78 is 19.3. The highest BCUT2D eigenvalue weighted by molar-refractivity contribution is 9.10. The molecule has 1 aromatic carbocycles. The summed E-state index contributed by atoms with van der Waals surface area (Å²) in [4.78, 5) is 32.5. The Bertz CT molecular complexity index is 925. The number of amides is 2. The first kappa shape index (κ1) is 29.4. The average molecular weight is 539 g/mol. The van der Waals surface area contributed by atoms with Gasteiger partial charge in [-0.1, -0.05) is 27.7 Å². The number of hydrogen-bond donors (Lipinski definition) is 1. The van der Waals surface area contributed by atoms with Gasteiger partial charge in [-0.05, 0) is 67.0 Å². The minimum Gasteiger partial charge on any atom is -0.444 e. The summed E-state index contributed by atoms with van der Waals surface area (Å²) in [5.41, 5.74) is 0.590. The van der Waals surface area contributed by atoms with Gasteiger partial charge in [-0.2, -0.15) is 0 Å². The molecule has 0 spiro atoms. The summed E-state index contributed by atoms with van der Waals surface area (Å²) in [5.74, 6) is -0.566. The number of rotatable bonds is 3. The van der Waals surface area contributed by atoms with Crippen molar-refractivity contribution in [2.75, 3.05) is 36.4 Å². The lowest BCUT2D eigenvalue weighted by Gasteiger charge is -2.36. The van der Waals surface area contributed by atoms with Gasteiger partial charge in [-0.3, -0.25) is 4.79 Å². The van der Waals surface area contributed by atoms with Crippen LogP contribution in [0.5, 0.6) is 0 Å². The molecule has 0 radical (unpaired) electrons. The Morgan fingerprint density at radius 3 is 2.15 bits per heavy atom. The number of anilines is 2. The van der Waals surface area contributed by atoms with E-state index in [4.69, 9.17) is 4.74 Å². The first-order valence-corrected chi connectivity index (χ1v) is 12.4. The van der Waals surface area contributed by atoms with E-state index in [-0.39, 0.29) is 11.7 Å². The molecule has 1 saturated heterocycles. The number of piperazine rings is 1. The minimum atomic E-state index is -0.513. The van der Waals surface area contributed by atoms with Crippen LogP contribution in [0.3, 0.4) is 0 Å². The Labute approximate surface area is 210 Å². The zero-order chi connectivity index (χ0) is 25.9. The van der Waals surface area contributed by atoms with Crippen molar-refractivity contribution in [2.45, 2.75) is 54.1 Å². The molecule has 2 aromatic rings. The van der Waals surface area contributed by atoms with E-state index in [1.165, 1.54) is 12.1 Å². The molecule has 1 aliphatic rings. The van der Waals surface area contributed by atoms with Crippen LogP contribution in [0, 0.1) is 5.82 Å². The molecule has 34 heavy (non-hydrogen) atoms. The number of hydrogen-bond acceptors (Lipinski definition) is 5. The fraction of sp³-hybridized carbons (Fsp3) is 0.480. The maximum absolute atomic E-state index is 13.6. The van der Waals surface area contributed by atoms with Crippen LogP contribution in [0.1, 0.15) is 58.8 Å². The number of pyridine rings is 1. The number of ether oxygens (including phenoxy) is 1. The molecule has 1 aromatic heterocycles. The van der Waals surface area contributed by atoms with Crippen LogP contribution in [0.2, 0.25) is 0 Å². The third-order valence-corrected chi connectivity index (χ3v) is 5.11. The average Bonchev–Trinajstić information content (AvgIpc) is 2.83. The third kappa shape index (κ3) is 8.93. The van der Waals surface area contributed by atoms with E-state index >= 15 is 0 Å². The number of aromatic nitrogens is 1. The smallest absolute Gasteiger partial charge is 0.410 e. The largest absolute Gasteiger partial charge is 0.444 e. The van der Waals surface area contributed by atoms with Crippen LogP contribution >= 0.6 is 15.9 Å². The Kier molecular flexibility index (Phi) is 12.0. The van der Waals surface area contributed by atoms with Crippen molar-refractivity contribution in [3.8, 4) is 0 Å². The number of halogens is 2. The van der Waals surface area contributed by atoms with Crippen LogP contribution < -0.4 is 10.2 Å². The molecule has 0 atom stereocenters. The second-order valence-corrected chi connectivity index (χ2v) is 8.79. The first-order valence-electron chi connectivity index (χ1n) is 11.6. The maximum atomic E-state index is 13.6. The Morgan fingerprint density at radius 2 is 1.65 bits per heavy atom. The normalized spacial score (nSPS) is 13.1. The van der Waals surface area contributed by atoms with Gasteiger partial charge in [0.2, 0.25) is 0 Å². The molecule has 0 saturated carbocycles. The van der Waals surface area contributed by atoms with Crippen molar-refractivity contribution in [1.82, 2.24) is 9.88 Å². The van der Waals surface area contributed by atoms with Crippen LogP contribution in [0.25, 0.3) is 0 Å². The highest BCUT2D eigenvalue weighted by Crippen LogP contribution is 2.20. The van der Waals surface area contributed by atoms with Gasteiger partial charge >= 0.3 is 6.09 Å². The molecule has 0 bridgehead atoms. The van der Waals surface area contributed by atoms with Gasteiger partial charge < -0.3 is 19.9 Å². The van der Waals surface area contributed by atoms with Gasteiger partial charge in [0, 0.05) is 31.7 Å². The van der Waals surface area contributed by atoms with Gasteiger partial charge in [0.15, 0.2) is 0 Å². The van der Waals surface area contributed by atoms with Gasteiger partial charge in [0.05, 0.1) is 16.4 Å². The maximum Gasteiger partial charge on any atom is 0.410 e. The molecule has 3 rings (SSSR count). The molecular formula is C25H36BrFN4O3. The van der Waals surface area contributed by atoms with E-state index < -0.39 is 17.3 Å². The van der Waals surface area contributed by atoms with E-state index in [2.05, 4.69) is 31.1 Å². The van der Waals surface area contributed by atoms with Crippen molar-refractivity contribution < 1.29 is 18.7 Å². The predicted molar refractivity (Wildman–Crippen MR) is 139 cm³/mol. The lowest BCUT2D eigenvalue weighted by molar-refractivity contribution is 0.0240. The van der Waals surface area contributed by atoms with Crippen LogP contribution in [0.15, 0.2) is 41.0 Å². The highest BCUT2D eigenvalue weighted by atomic mass is 79.9. The van der Waals surface area contributed by atoms with E-state index in [1.54, 1.807) is 17.2 Å². The topological polar surface area (TPSA) is 74.8 Å². The quantitative estimate of drug-likeness (QED) is 0.493. The number of carbonyl (C=O) groups excluding carboxylic acids is 2. The first-order chi connectivity index (χ1) is 16.1. The fourth-order valence-corrected chi connectivity index (χ4v) is 3.19. The molecule has 1 fully saturated rings. The van der Waals surface area contributed by atoms with E-state index in [0.717, 1.165) is 11.8 Å². The molecule has 0 unspecified atom stereocenters. The molecule has 1 N–H and O–H groups in total. The molecular weight excluding hydrogens is 503 g/mol. The predicted octanol–water partition coefficient (Wildman–Crippen LogP) is 6.35. The van der Waals surface area contributed by atoms with E-state index in [0.29, 0.717) is 36.5 Å². The van der Waals surface area contributed by atoms with Crippen molar-refractivity contribution in [2.24, 2.45) is 0 Å². The zero-order valence-corrected chi connectivity index (χ0v) is 22.7. The van der Waals surface area contributed by atoms with Crippen LogP contribution in [-0.4, -0.2) is 53.7 Å². The molecule has 9 heteroatoms. The van der Waals surface area contributed by atoms with Crippen molar-refractivity contribution in [3.05, 3.63) is 52.4 Å². The van der Waals surface area contributed by atoms with Gasteiger partial charge in [0.25, 0.3) is 5.91 Å². The SMILES string of the molecule is CC.CC.CC(C)(C)OC(=O)N1CCN(c2ccc(NC(=O)c3ccc(Br)c(F)c3)nc2)CC1. The van der Waals surface area contributed by atoms with Gasteiger partial charge in [-0.15, -0.1) is 0 Å². The number of nitrogens with one attached hydrogen (secondary N) is 1. The summed E-state index contributed by atoms with van der Waals surface area (Å²) >= 11 is 3.06.